The zero-order chi connectivity index (χ0) is 23.1. The van der Waals surface area contributed by atoms with E-state index in [1.54, 1.807) is 0 Å². The molecule has 2 nitrogen and oxygen atoms in total. The minimum Gasteiger partial charge on any atom is -0.494 e. The van der Waals surface area contributed by atoms with Crippen molar-refractivity contribution in [3.05, 3.63) is 54.1 Å². The van der Waals surface area contributed by atoms with E-state index in [0.717, 1.165) is 24.7 Å². The van der Waals surface area contributed by atoms with Gasteiger partial charge in [-0.25, -0.2) is 0 Å². The van der Waals surface area contributed by atoms with Gasteiger partial charge in [0.25, 0.3) is 0 Å². The molecule has 1 aliphatic carbocycles. The lowest BCUT2D eigenvalue weighted by molar-refractivity contribution is 0.0921. The lowest BCUT2D eigenvalue weighted by atomic mass is 9.94. The van der Waals surface area contributed by atoms with Crippen LogP contribution in [0.4, 0.5) is 0 Å². The Morgan fingerprint density at radius 1 is 0.844 bits per heavy atom. The van der Waals surface area contributed by atoms with Gasteiger partial charge in [0.1, 0.15) is 5.75 Å². The summed E-state index contributed by atoms with van der Waals surface area (Å²) in [6.07, 6.45) is 4.85. The summed E-state index contributed by atoms with van der Waals surface area (Å²) in [6.45, 7) is 16.9. The van der Waals surface area contributed by atoms with E-state index in [4.69, 9.17) is 9.16 Å². The summed E-state index contributed by atoms with van der Waals surface area (Å²) in [6, 6.07) is 17.9. The molecule has 0 atom stereocenters. The van der Waals surface area contributed by atoms with E-state index in [0.29, 0.717) is 0 Å². The maximum absolute atomic E-state index is 6.80. The highest BCUT2D eigenvalue weighted by molar-refractivity contribution is 6.74. The monoisotopic (exact) mass is 448 g/mol. The van der Waals surface area contributed by atoms with Gasteiger partial charge >= 0.3 is 0 Å². The Hall–Kier alpha value is -1.84. The van der Waals surface area contributed by atoms with Crippen LogP contribution in [0.3, 0.4) is 0 Å². The minimum absolute atomic E-state index is 0.196. The molecule has 0 aliphatic heterocycles. The van der Waals surface area contributed by atoms with E-state index >= 15 is 0 Å². The second-order valence-electron chi connectivity index (χ2n) is 11.9. The number of rotatable bonds is 8. The first-order chi connectivity index (χ1) is 14.9. The summed E-state index contributed by atoms with van der Waals surface area (Å²) in [7, 11) is -1.83. The fourth-order valence-corrected chi connectivity index (χ4v) is 6.16. The summed E-state index contributed by atoms with van der Waals surface area (Å²) in [5, 5.41) is 5.33. The standard InChI is InChI=1S/C29H40O2Si/c1-28(2,3)32(6,7)31-29(4,5)20-22-10-11-23-12-13-24-14-15-25(19-27(24)26(23)18-22)30-17-16-21-8-9-21/h10-15,18-19,21H,8-9,16-17,20H2,1-7H3. The zero-order valence-corrected chi connectivity index (χ0v) is 22.0. The fourth-order valence-electron chi connectivity index (χ4n) is 4.40. The number of hydrogen-bond donors (Lipinski definition) is 0. The van der Waals surface area contributed by atoms with E-state index in [2.05, 4.69) is 96.2 Å². The summed E-state index contributed by atoms with van der Waals surface area (Å²) in [4.78, 5) is 0. The molecule has 0 bridgehead atoms. The lowest BCUT2D eigenvalue weighted by Gasteiger charge is -2.43. The van der Waals surface area contributed by atoms with E-state index in [1.807, 2.05) is 0 Å². The Balaban J connectivity index is 1.60. The van der Waals surface area contributed by atoms with Gasteiger partial charge in [0.05, 0.1) is 12.2 Å². The molecular formula is C29H40O2Si. The summed E-state index contributed by atoms with van der Waals surface area (Å²) in [5.74, 6) is 1.88. The molecule has 0 spiro atoms. The maximum Gasteiger partial charge on any atom is 0.192 e. The van der Waals surface area contributed by atoms with Crippen LogP contribution in [0, 0.1) is 5.92 Å². The number of benzene rings is 3. The van der Waals surface area contributed by atoms with Crippen LogP contribution in [-0.2, 0) is 10.8 Å². The molecule has 3 aromatic rings. The molecule has 3 heteroatoms. The SMILES string of the molecule is CC(C)(Cc1ccc2ccc3ccc(OCCC4CC4)cc3c2c1)O[Si](C)(C)C(C)(C)C. The third-order valence-electron chi connectivity index (χ3n) is 7.33. The highest BCUT2D eigenvalue weighted by Gasteiger charge is 2.41. The van der Waals surface area contributed by atoms with Crippen molar-refractivity contribution >= 4 is 29.9 Å². The Morgan fingerprint density at radius 3 is 2.06 bits per heavy atom. The minimum atomic E-state index is -1.83. The average molecular weight is 449 g/mol. The van der Waals surface area contributed by atoms with Crippen LogP contribution in [-0.4, -0.2) is 20.5 Å². The highest BCUT2D eigenvalue weighted by atomic mass is 28.4. The van der Waals surface area contributed by atoms with Crippen molar-refractivity contribution in [3.63, 3.8) is 0 Å². The molecule has 32 heavy (non-hydrogen) atoms. The molecule has 0 saturated heterocycles. The topological polar surface area (TPSA) is 18.5 Å². The second kappa shape index (κ2) is 8.50. The Labute approximate surface area is 195 Å². The molecule has 1 aliphatic rings. The van der Waals surface area contributed by atoms with Crippen molar-refractivity contribution in [2.45, 2.75) is 84.0 Å². The van der Waals surface area contributed by atoms with Crippen LogP contribution in [0.5, 0.6) is 5.75 Å². The summed E-state index contributed by atoms with van der Waals surface area (Å²) in [5.41, 5.74) is 1.13. The smallest absolute Gasteiger partial charge is 0.192 e. The fraction of sp³-hybridized carbons (Fsp3) is 0.517. The van der Waals surface area contributed by atoms with Crippen LogP contribution in [0.25, 0.3) is 21.5 Å². The molecule has 3 aromatic carbocycles. The molecule has 0 N–H and O–H groups in total. The van der Waals surface area contributed by atoms with Gasteiger partial charge in [0, 0.05) is 0 Å². The molecule has 4 rings (SSSR count). The predicted molar refractivity (Wildman–Crippen MR) is 140 cm³/mol. The number of hydrogen-bond acceptors (Lipinski definition) is 2. The van der Waals surface area contributed by atoms with Crippen molar-refractivity contribution in [2.24, 2.45) is 5.92 Å². The molecular weight excluding hydrogens is 408 g/mol. The lowest BCUT2D eigenvalue weighted by Crippen LogP contribution is -2.48. The summed E-state index contributed by atoms with van der Waals surface area (Å²) >= 11 is 0. The van der Waals surface area contributed by atoms with E-state index < -0.39 is 8.32 Å². The normalized spacial score (nSPS) is 15.5. The van der Waals surface area contributed by atoms with Crippen molar-refractivity contribution in [3.8, 4) is 5.75 Å². The third-order valence-corrected chi connectivity index (χ3v) is 12.0. The van der Waals surface area contributed by atoms with Crippen molar-refractivity contribution in [1.29, 1.82) is 0 Å². The molecule has 0 aromatic heterocycles. The number of ether oxygens (including phenoxy) is 1. The molecule has 0 unspecified atom stereocenters. The first kappa shape index (κ1) is 23.3. The van der Waals surface area contributed by atoms with Crippen LogP contribution < -0.4 is 4.74 Å². The van der Waals surface area contributed by atoms with Crippen molar-refractivity contribution < 1.29 is 9.16 Å². The molecule has 0 heterocycles. The van der Waals surface area contributed by atoms with Gasteiger partial charge in [-0.1, -0.05) is 70.0 Å². The van der Waals surface area contributed by atoms with Crippen molar-refractivity contribution in [2.75, 3.05) is 6.61 Å². The average Bonchev–Trinajstić information content (AvgIpc) is 3.50. The summed E-state index contributed by atoms with van der Waals surface area (Å²) < 4.78 is 12.9. The quantitative estimate of drug-likeness (QED) is 0.254. The van der Waals surface area contributed by atoms with Crippen molar-refractivity contribution in [1.82, 2.24) is 0 Å². The molecule has 0 amide bonds. The maximum atomic E-state index is 6.80. The van der Waals surface area contributed by atoms with Gasteiger partial charge in [0.2, 0.25) is 0 Å². The van der Waals surface area contributed by atoms with Gasteiger partial charge in [-0.05, 0) is 90.0 Å². The molecule has 1 saturated carbocycles. The van der Waals surface area contributed by atoms with E-state index in [1.165, 1.54) is 46.4 Å². The van der Waals surface area contributed by atoms with Crippen LogP contribution in [0.15, 0.2) is 48.5 Å². The Kier molecular flexibility index (Phi) is 6.19. The van der Waals surface area contributed by atoms with Gasteiger partial charge in [-0.2, -0.15) is 0 Å². The van der Waals surface area contributed by atoms with Gasteiger partial charge in [-0.3, -0.25) is 0 Å². The first-order valence-electron chi connectivity index (χ1n) is 12.2. The second-order valence-corrected chi connectivity index (χ2v) is 16.6. The third kappa shape index (κ3) is 5.37. The van der Waals surface area contributed by atoms with Gasteiger partial charge in [-0.15, -0.1) is 0 Å². The van der Waals surface area contributed by atoms with Crippen LogP contribution >= 0.6 is 0 Å². The van der Waals surface area contributed by atoms with Gasteiger partial charge in [0.15, 0.2) is 8.32 Å². The number of fused-ring (bicyclic) bond motifs is 3. The highest BCUT2D eigenvalue weighted by Crippen LogP contribution is 2.40. The van der Waals surface area contributed by atoms with Crippen LogP contribution in [0.2, 0.25) is 18.1 Å². The molecule has 1 fully saturated rings. The molecule has 0 radical (unpaired) electrons. The van der Waals surface area contributed by atoms with E-state index in [9.17, 15) is 0 Å². The van der Waals surface area contributed by atoms with Gasteiger partial charge < -0.3 is 9.16 Å². The largest absolute Gasteiger partial charge is 0.494 e. The Bertz CT molecular complexity index is 1100. The Morgan fingerprint density at radius 2 is 1.44 bits per heavy atom. The van der Waals surface area contributed by atoms with Crippen LogP contribution in [0.1, 0.15) is 59.4 Å². The zero-order valence-electron chi connectivity index (χ0n) is 21.0. The van der Waals surface area contributed by atoms with E-state index in [-0.39, 0.29) is 10.6 Å². The molecule has 172 valence electrons. The first-order valence-corrected chi connectivity index (χ1v) is 15.1. The predicted octanol–water partition coefficient (Wildman–Crippen LogP) is 8.51.